The number of likely N-dealkylation sites (N-methyl/N-ethyl adjacent to an activating group) is 1. The molecular weight excluding hydrogens is 122 g/mol. The summed E-state index contributed by atoms with van der Waals surface area (Å²) in [7, 11) is 2.02. The van der Waals surface area contributed by atoms with E-state index < -0.39 is 0 Å². The highest BCUT2D eigenvalue weighted by Gasteiger charge is 2.15. The Morgan fingerprint density at radius 1 is 1.40 bits per heavy atom. The van der Waals surface area contributed by atoms with Crippen molar-refractivity contribution < 1.29 is 0 Å². The van der Waals surface area contributed by atoms with Crippen LogP contribution in [0.15, 0.2) is 24.9 Å². The Morgan fingerprint density at radius 2 is 1.80 bits per heavy atom. The van der Waals surface area contributed by atoms with E-state index in [2.05, 4.69) is 38.8 Å². The van der Waals surface area contributed by atoms with Crippen LogP contribution in [0.3, 0.4) is 0 Å². The van der Waals surface area contributed by atoms with E-state index in [1.165, 1.54) is 0 Å². The summed E-state index contributed by atoms with van der Waals surface area (Å²) in [5.41, 5.74) is 1.11. The molecule has 0 saturated carbocycles. The monoisotopic (exact) mass is 139 g/mol. The molecule has 1 nitrogen and oxygen atoms in total. The van der Waals surface area contributed by atoms with E-state index in [1.807, 2.05) is 7.05 Å². The second kappa shape index (κ2) is 2.91. The first-order chi connectivity index (χ1) is 4.39. The third-order valence-electron chi connectivity index (χ3n) is 1.67. The van der Waals surface area contributed by atoms with Crippen molar-refractivity contribution in [1.29, 1.82) is 0 Å². The average molecular weight is 139 g/mol. The zero-order valence-electron chi connectivity index (χ0n) is 7.44. The Balaban J connectivity index is 4.21. The highest BCUT2D eigenvalue weighted by molar-refractivity contribution is 5.11. The summed E-state index contributed by atoms with van der Waals surface area (Å²) in [5, 5.41) is 0. The molecule has 0 aromatic carbocycles. The van der Waals surface area contributed by atoms with E-state index in [-0.39, 0.29) is 5.54 Å². The highest BCUT2D eigenvalue weighted by Crippen LogP contribution is 2.15. The van der Waals surface area contributed by atoms with E-state index in [1.54, 1.807) is 6.08 Å². The molecule has 0 rings (SSSR count). The predicted molar refractivity (Wildman–Crippen MR) is 46.9 cm³/mol. The third-order valence-corrected chi connectivity index (χ3v) is 1.67. The topological polar surface area (TPSA) is 3.24 Å². The van der Waals surface area contributed by atoms with Gasteiger partial charge in [-0.3, -0.25) is 0 Å². The maximum Gasteiger partial charge on any atom is 0.0314 e. The van der Waals surface area contributed by atoms with Gasteiger partial charge in [-0.15, -0.1) is 0 Å². The van der Waals surface area contributed by atoms with Gasteiger partial charge in [0.1, 0.15) is 0 Å². The lowest BCUT2D eigenvalue weighted by Gasteiger charge is -2.34. The van der Waals surface area contributed by atoms with Crippen molar-refractivity contribution in [3.63, 3.8) is 0 Å². The smallest absolute Gasteiger partial charge is 0.0314 e. The molecule has 0 atom stereocenters. The van der Waals surface area contributed by atoms with Gasteiger partial charge in [-0.1, -0.05) is 13.2 Å². The van der Waals surface area contributed by atoms with Crippen molar-refractivity contribution in [1.82, 2.24) is 4.90 Å². The second-order valence-electron chi connectivity index (χ2n) is 3.43. The summed E-state index contributed by atoms with van der Waals surface area (Å²) >= 11 is 0. The largest absolute Gasteiger partial charge is 0.370 e. The van der Waals surface area contributed by atoms with Crippen molar-refractivity contribution in [2.45, 2.75) is 26.3 Å². The second-order valence-corrected chi connectivity index (χ2v) is 3.43. The number of rotatable bonds is 2. The minimum Gasteiger partial charge on any atom is -0.370 e. The maximum absolute atomic E-state index is 3.85. The highest BCUT2D eigenvalue weighted by atomic mass is 15.2. The Bertz CT molecular complexity index is 139. The zero-order valence-corrected chi connectivity index (χ0v) is 7.44. The molecule has 0 N–H and O–H groups in total. The van der Waals surface area contributed by atoms with Crippen LogP contribution < -0.4 is 0 Å². The van der Waals surface area contributed by atoms with Crippen molar-refractivity contribution in [3.05, 3.63) is 24.9 Å². The molecule has 58 valence electrons. The van der Waals surface area contributed by atoms with Gasteiger partial charge >= 0.3 is 0 Å². The molecule has 0 spiro atoms. The normalized spacial score (nSPS) is 10.8. The van der Waals surface area contributed by atoms with Crippen molar-refractivity contribution in [3.8, 4) is 0 Å². The van der Waals surface area contributed by atoms with Gasteiger partial charge in [0.05, 0.1) is 0 Å². The number of hydrogen-bond donors (Lipinski definition) is 0. The molecule has 1 heteroatoms. The summed E-state index contributed by atoms with van der Waals surface area (Å²) in [6, 6.07) is 0. The molecule has 0 saturated heterocycles. The van der Waals surface area contributed by atoms with Crippen LogP contribution in [0, 0.1) is 0 Å². The molecule has 0 aliphatic carbocycles. The van der Waals surface area contributed by atoms with Crippen LogP contribution in [0.5, 0.6) is 0 Å². The first-order valence-electron chi connectivity index (χ1n) is 3.44. The first-order valence-corrected chi connectivity index (χ1v) is 3.44. The molecule has 0 heterocycles. The van der Waals surface area contributed by atoms with E-state index in [0.29, 0.717) is 0 Å². The zero-order chi connectivity index (χ0) is 8.36. The molecule has 0 unspecified atom stereocenters. The van der Waals surface area contributed by atoms with Crippen molar-refractivity contribution in [2.75, 3.05) is 7.05 Å². The van der Waals surface area contributed by atoms with Gasteiger partial charge in [0.15, 0.2) is 0 Å². The van der Waals surface area contributed by atoms with Crippen LogP contribution in [-0.4, -0.2) is 17.5 Å². The minimum absolute atomic E-state index is 0.144. The van der Waals surface area contributed by atoms with Gasteiger partial charge in [0.2, 0.25) is 0 Å². The molecule has 0 fully saturated rings. The van der Waals surface area contributed by atoms with Crippen LogP contribution in [-0.2, 0) is 0 Å². The van der Waals surface area contributed by atoms with Gasteiger partial charge in [-0.05, 0) is 26.8 Å². The number of hydrogen-bond acceptors (Lipinski definition) is 1. The summed E-state index contributed by atoms with van der Waals surface area (Å²) < 4.78 is 0. The SMILES string of the molecule is C=CC(=C)N(C)C(C)(C)C. The fourth-order valence-corrected chi connectivity index (χ4v) is 0.568. The number of nitrogens with zero attached hydrogens (tertiary/aromatic N) is 1. The standard InChI is InChI=1S/C9H17N/c1-7-8(2)10(6)9(3,4)5/h7H,1-2H2,3-6H3. The molecule has 0 radical (unpaired) electrons. The van der Waals surface area contributed by atoms with Gasteiger partial charge in [-0.2, -0.15) is 0 Å². The molecule has 0 aliphatic rings. The summed E-state index contributed by atoms with van der Waals surface area (Å²) in [5.74, 6) is 0. The summed E-state index contributed by atoms with van der Waals surface area (Å²) in [4.78, 5) is 2.10. The third kappa shape index (κ3) is 2.26. The quantitative estimate of drug-likeness (QED) is 0.531. The molecule has 0 aliphatic heterocycles. The molecule has 0 bridgehead atoms. The molecule has 10 heavy (non-hydrogen) atoms. The summed E-state index contributed by atoms with van der Waals surface area (Å²) in [6.45, 7) is 13.9. The lowest BCUT2D eigenvalue weighted by molar-refractivity contribution is 0.236. The van der Waals surface area contributed by atoms with E-state index in [4.69, 9.17) is 0 Å². The van der Waals surface area contributed by atoms with Gasteiger partial charge in [0.25, 0.3) is 0 Å². The number of allylic oxidation sites excluding steroid dienone is 1. The average Bonchev–Trinajstić information content (AvgIpc) is 1.83. The summed E-state index contributed by atoms with van der Waals surface area (Å²) in [6.07, 6.45) is 1.77. The molecule has 0 amide bonds. The van der Waals surface area contributed by atoms with Gasteiger partial charge in [-0.25, -0.2) is 0 Å². The van der Waals surface area contributed by atoms with E-state index >= 15 is 0 Å². The molecular formula is C9H17N. The van der Waals surface area contributed by atoms with Crippen molar-refractivity contribution in [2.24, 2.45) is 0 Å². The fraction of sp³-hybridized carbons (Fsp3) is 0.556. The van der Waals surface area contributed by atoms with Crippen LogP contribution in [0.2, 0.25) is 0 Å². The van der Waals surface area contributed by atoms with E-state index in [0.717, 1.165) is 5.70 Å². The lowest BCUT2D eigenvalue weighted by atomic mass is 10.1. The van der Waals surface area contributed by atoms with Gasteiger partial charge < -0.3 is 4.90 Å². The maximum atomic E-state index is 3.85. The Morgan fingerprint density at radius 3 is 1.90 bits per heavy atom. The van der Waals surface area contributed by atoms with E-state index in [9.17, 15) is 0 Å². The fourth-order valence-electron chi connectivity index (χ4n) is 0.568. The Labute approximate surface area is 64.0 Å². The van der Waals surface area contributed by atoms with Crippen LogP contribution in [0.1, 0.15) is 20.8 Å². The Kier molecular flexibility index (Phi) is 2.70. The predicted octanol–water partition coefficient (Wildman–Crippen LogP) is 2.42. The molecule has 0 aromatic rings. The minimum atomic E-state index is 0.144. The van der Waals surface area contributed by atoms with Crippen LogP contribution in [0.4, 0.5) is 0 Å². The van der Waals surface area contributed by atoms with Crippen molar-refractivity contribution >= 4 is 0 Å². The first kappa shape index (κ1) is 9.28. The molecule has 0 aromatic heterocycles. The Hall–Kier alpha value is -0.720. The lowest BCUT2D eigenvalue weighted by Crippen LogP contribution is -2.36. The van der Waals surface area contributed by atoms with Crippen LogP contribution >= 0.6 is 0 Å². The van der Waals surface area contributed by atoms with Gasteiger partial charge in [0, 0.05) is 18.3 Å². The van der Waals surface area contributed by atoms with Crippen LogP contribution in [0.25, 0.3) is 0 Å².